The summed E-state index contributed by atoms with van der Waals surface area (Å²) < 4.78 is 6.47. The summed E-state index contributed by atoms with van der Waals surface area (Å²) in [4.78, 5) is 14.5. The summed E-state index contributed by atoms with van der Waals surface area (Å²) in [5, 5.41) is 2.49. The van der Waals surface area contributed by atoms with Crippen molar-refractivity contribution in [2.75, 3.05) is 7.11 Å². The molecule has 1 aromatic heterocycles. The zero-order valence-electron chi connectivity index (χ0n) is 9.27. The molecule has 3 heteroatoms. The Morgan fingerprint density at radius 2 is 1.94 bits per heavy atom. The standard InChI is InChI=1S/C14H10O2Se/c1-16-12-8-9-4-2-3-5-10(9)13(15)11-6-7-17-14(11)12/h2-8H,1H3. The summed E-state index contributed by atoms with van der Waals surface area (Å²) in [5.74, 6) is 0.822. The van der Waals surface area contributed by atoms with E-state index in [1.54, 1.807) is 7.11 Å². The molecule has 1 heterocycles. The predicted molar refractivity (Wildman–Crippen MR) is 71.2 cm³/mol. The van der Waals surface area contributed by atoms with Crippen molar-refractivity contribution in [1.29, 1.82) is 0 Å². The normalized spacial score (nSPS) is 10.9. The second-order valence-corrected chi connectivity index (χ2v) is 5.71. The maximum absolute atomic E-state index is 12.4. The fraction of sp³-hybridized carbons (Fsp3) is 0.0714. The topological polar surface area (TPSA) is 26.3 Å². The molecule has 0 bridgehead atoms. The van der Waals surface area contributed by atoms with E-state index >= 15 is 0 Å². The maximum atomic E-state index is 12.4. The van der Waals surface area contributed by atoms with Gasteiger partial charge in [-0.05, 0) is 0 Å². The average molecular weight is 289 g/mol. The molecule has 0 radical (unpaired) electrons. The van der Waals surface area contributed by atoms with Gasteiger partial charge in [0.15, 0.2) is 0 Å². The van der Waals surface area contributed by atoms with E-state index in [1.807, 2.05) is 36.4 Å². The van der Waals surface area contributed by atoms with Gasteiger partial charge >= 0.3 is 104 Å². The van der Waals surface area contributed by atoms with Crippen LogP contribution in [0, 0.1) is 0 Å². The van der Waals surface area contributed by atoms with Gasteiger partial charge in [-0.2, -0.15) is 0 Å². The van der Waals surface area contributed by atoms with E-state index in [4.69, 9.17) is 4.74 Å². The molecule has 2 nitrogen and oxygen atoms in total. The molecule has 3 rings (SSSR count). The summed E-state index contributed by atoms with van der Waals surface area (Å²) in [7, 11) is 1.66. The minimum atomic E-state index is 0.106. The fourth-order valence-corrected chi connectivity index (χ4v) is 3.87. The summed E-state index contributed by atoms with van der Waals surface area (Å²) in [5.41, 5.74) is 0.106. The van der Waals surface area contributed by atoms with Crippen molar-refractivity contribution in [3.05, 3.63) is 51.6 Å². The first-order chi connectivity index (χ1) is 8.31. The summed E-state index contributed by atoms with van der Waals surface area (Å²) in [6.45, 7) is 0. The molecule has 84 valence electrons. The number of hydrogen-bond acceptors (Lipinski definition) is 2. The molecule has 0 aliphatic carbocycles. The van der Waals surface area contributed by atoms with Crippen LogP contribution in [0.4, 0.5) is 0 Å². The molecule has 0 fully saturated rings. The minimum absolute atomic E-state index is 0.106. The van der Waals surface area contributed by atoms with E-state index in [-0.39, 0.29) is 19.9 Å². The molecule has 0 aliphatic heterocycles. The van der Waals surface area contributed by atoms with Crippen LogP contribution in [0.25, 0.3) is 20.4 Å². The van der Waals surface area contributed by atoms with Gasteiger partial charge in [-0.3, -0.25) is 0 Å². The van der Waals surface area contributed by atoms with E-state index in [1.165, 1.54) is 0 Å². The molecule has 3 aromatic rings. The second-order valence-electron chi connectivity index (χ2n) is 3.79. The predicted octanol–water partition coefficient (Wildman–Crippen LogP) is 2.42. The van der Waals surface area contributed by atoms with Crippen LogP contribution in [0.5, 0.6) is 5.75 Å². The van der Waals surface area contributed by atoms with Crippen molar-refractivity contribution < 1.29 is 4.74 Å². The van der Waals surface area contributed by atoms with E-state index in [0.29, 0.717) is 0 Å². The molecule has 17 heavy (non-hydrogen) atoms. The number of benzene rings is 1. The zero-order valence-corrected chi connectivity index (χ0v) is 11.0. The van der Waals surface area contributed by atoms with Crippen LogP contribution >= 0.6 is 0 Å². The Morgan fingerprint density at radius 1 is 1.12 bits per heavy atom. The van der Waals surface area contributed by atoms with Gasteiger partial charge in [0.1, 0.15) is 0 Å². The van der Waals surface area contributed by atoms with Gasteiger partial charge in [0, 0.05) is 0 Å². The first-order valence-electron chi connectivity index (χ1n) is 5.28. The molecule has 2 aromatic carbocycles. The second kappa shape index (κ2) is 4.02. The van der Waals surface area contributed by atoms with Gasteiger partial charge in [0.25, 0.3) is 0 Å². The van der Waals surface area contributed by atoms with Crippen molar-refractivity contribution in [2.45, 2.75) is 0 Å². The quantitative estimate of drug-likeness (QED) is 0.643. The Kier molecular flexibility index (Phi) is 2.50. The third-order valence-corrected chi connectivity index (χ3v) is 4.79. The Labute approximate surface area is 104 Å². The Bertz CT molecular complexity index is 759. The van der Waals surface area contributed by atoms with Crippen molar-refractivity contribution >= 4 is 34.9 Å². The van der Waals surface area contributed by atoms with Crippen molar-refractivity contribution in [1.82, 2.24) is 0 Å². The monoisotopic (exact) mass is 290 g/mol. The molecule has 0 aliphatic rings. The van der Waals surface area contributed by atoms with Crippen molar-refractivity contribution in [2.24, 2.45) is 0 Å². The molecule has 0 saturated heterocycles. The first kappa shape index (κ1) is 10.6. The van der Waals surface area contributed by atoms with E-state index in [0.717, 1.165) is 26.2 Å². The van der Waals surface area contributed by atoms with Gasteiger partial charge in [0.2, 0.25) is 0 Å². The van der Waals surface area contributed by atoms with E-state index in [9.17, 15) is 4.79 Å². The third-order valence-electron chi connectivity index (χ3n) is 2.85. The number of ether oxygens (including phenoxy) is 1. The fourth-order valence-electron chi connectivity index (χ4n) is 2.01. The molecule has 0 N–H and O–H groups in total. The van der Waals surface area contributed by atoms with Crippen LogP contribution in [-0.2, 0) is 0 Å². The van der Waals surface area contributed by atoms with Gasteiger partial charge in [-0.25, -0.2) is 0 Å². The summed E-state index contributed by atoms with van der Waals surface area (Å²) >= 11 is 0.203. The SMILES string of the molecule is COc1cc2ccccc2c(=O)c2cc[se]c12. The Balaban J connectivity index is 2.68. The van der Waals surface area contributed by atoms with Gasteiger partial charge in [-0.15, -0.1) is 0 Å². The van der Waals surface area contributed by atoms with Gasteiger partial charge < -0.3 is 0 Å². The molecule has 0 spiro atoms. The van der Waals surface area contributed by atoms with Crippen LogP contribution in [-0.4, -0.2) is 21.6 Å². The van der Waals surface area contributed by atoms with E-state index < -0.39 is 0 Å². The van der Waals surface area contributed by atoms with Crippen LogP contribution in [0.2, 0.25) is 0 Å². The number of methoxy groups -OCH3 is 1. The van der Waals surface area contributed by atoms with Crippen molar-refractivity contribution in [3.8, 4) is 5.75 Å². The molecule has 0 saturated carbocycles. The van der Waals surface area contributed by atoms with Crippen LogP contribution < -0.4 is 10.2 Å². The number of hydrogen-bond donors (Lipinski definition) is 0. The third kappa shape index (κ3) is 1.59. The molecular formula is C14H10O2Se. The Morgan fingerprint density at radius 3 is 2.76 bits per heavy atom. The van der Waals surface area contributed by atoms with Crippen LogP contribution in [0.3, 0.4) is 0 Å². The van der Waals surface area contributed by atoms with Crippen LogP contribution in [0.15, 0.2) is 46.1 Å². The number of rotatable bonds is 1. The van der Waals surface area contributed by atoms with Crippen LogP contribution in [0.1, 0.15) is 0 Å². The number of fused-ring (bicyclic) bond motifs is 2. The molecule has 0 amide bonds. The molecular weight excluding hydrogens is 279 g/mol. The van der Waals surface area contributed by atoms with Gasteiger partial charge in [-0.1, -0.05) is 0 Å². The zero-order chi connectivity index (χ0) is 11.8. The van der Waals surface area contributed by atoms with Gasteiger partial charge in [0.05, 0.1) is 0 Å². The van der Waals surface area contributed by atoms with E-state index in [2.05, 4.69) is 4.94 Å². The molecule has 0 atom stereocenters. The van der Waals surface area contributed by atoms with Crippen molar-refractivity contribution in [3.63, 3.8) is 0 Å². The summed E-state index contributed by atoms with van der Waals surface area (Å²) in [6.07, 6.45) is 0. The summed E-state index contributed by atoms with van der Waals surface area (Å²) in [6, 6.07) is 11.5. The Hall–Kier alpha value is -1.57. The first-order valence-corrected chi connectivity index (χ1v) is 7.13. The average Bonchev–Trinajstić information content (AvgIpc) is 2.81. The molecule has 0 unspecified atom stereocenters.